The molecule has 0 unspecified atom stereocenters. The highest BCUT2D eigenvalue weighted by atomic mass is 35.5. The molecule has 0 spiro atoms. The molecule has 28 heavy (non-hydrogen) atoms. The zero-order valence-electron chi connectivity index (χ0n) is 14.6. The molecule has 2 aromatic carbocycles. The number of ether oxygens (including phenoxy) is 2. The molecule has 1 aliphatic rings. The Hall–Kier alpha value is -1.44. The van der Waals surface area contributed by atoms with E-state index in [1.54, 1.807) is 30.3 Å². The van der Waals surface area contributed by atoms with Crippen LogP contribution in [0.25, 0.3) is 6.08 Å². The minimum atomic E-state index is -0.232. The number of carbonyl (C=O) groups excluding carboxylic acids is 1. The fraction of sp³-hybridized carbons (Fsp3) is 0.158. The second-order valence-electron chi connectivity index (χ2n) is 5.65. The molecule has 0 saturated carbocycles. The zero-order valence-corrected chi connectivity index (χ0v) is 18.5. The van der Waals surface area contributed by atoms with Gasteiger partial charge in [0, 0.05) is 0 Å². The summed E-state index contributed by atoms with van der Waals surface area (Å²) < 4.78 is 12.0. The topological polar surface area (TPSA) is 47.6 Å². The summed E-state index contributed by atoms with van der Waals surface area (Å²) in [4.78, 5) is 12.4. The smallest absolute Gasteiger partial charge is 0.263 e. The summed E-state index contributed by atoms with van der Waals surface area (Å²) in [7, 11) is 0. The fourth-order valence-corrected chi connectivity index (χ4v) is 4.07. The third kappa shape index (κ3) is 5.13. The van der Waals surface area contributed by atoms with E-state index in [0.29, 0.717) is 48.0 Å². The first-order valence-electron chi connectivity index (χ1n) is 8.15. The van der Waals surface area contributed by atoms with E-state index in [1.165, 1.54) is 11.8 Å². The first kappa shape index (κ1) is 21.3. The molecular weight excluding hydrogens is 461 g/mol. The molecule has 1 amide bonds. The average molecular weight is 475 g/mol. The number of rotatable bonds is 6. The van der Waals surface area contributed by atoms with Crippen molar-refractivity contribution < 1.29 is 14.3 Å². The van der Waals surface area contributed by atoms with Gasteiger partial charge in [-0.2, -0.15) is 0 Å². The highest BCUT2D eigenvalue weighted by Gasteiger charge is 2.22. The number of nitrogens with one attached hydrogen (secondary N) is 1. The van der Waals surface area contributed by atoms with Crippen LogP contribution in [0.5, 0.6) is 11.5 Å². The number of halogens is 3. The number of thiocarbonyl (C=S) groups is 1. The molecule has 146 valence electrons. The van der Waals surface area contributed by atoms with E-state index < -0.39 is 0 Å². The van der Waals surface area contributed by atoms with Gasteiger partial charge in [0.15, 0.2) is 11.5 Å². The standard InChI is InChI=1S/C19H14Cl3NO3S2/c1-2-25-15-7-11(8-16-18(24)23-19(27)28-16)6-14(22)17(15)26-9-10-3-4-12(20)13(21)5-10/h3-8H,2,9H2,1H3,(H,23,24,27). The fourth-order valence-electron chi connectivity index (χ4n) is 2.43. The van der Waals surface area contributed by atoms with Gasteiger partial charge in [0.1, 0.15) is 10.9 Å². The number of carbonyl (C=O) groups is 1. The maximum Gasteiger partial charge on any atom is 0.263 e. The van der Waals surface area contributed by atoms with E-state index in [9.17, 15) is 4.79 Å². The molecule has 0 aliphatic carbocycles. The minimum Gasteiger partial charge on any atom is -0.490 e. The Morgan fingerprint density at radius 3 is 2.54 bits per heavy atom. The number of thioether (sulfide) groups is 1. The van der Waals surface area contributed by atoms with Crippen molar-refractivity contribution in [2.24, 2.45) is 0 Å². The predicted octanol–water partition coefficient (Wildman–Crippen LogP) is 6.11. The van der Waals surface area contributed by atoms with Gasteiger partial charge in [0.2, 0.25) is 0 Å². The Balaban J connectivity index is 1.86. The second-order valence-corrected chi connectivity index (χ2v) is 8.59. The van der Waals surface area contributed by atoms with E-state index in [4.69, 9.17) is 56.5 Å². The Bertz CT molecular complexity index is 979. The number of amides is 1. The molecule has 1 saturated heterocycles. The van der Waals surface area contributed by atoms with Gasteiger partial charge >= 0.3 is 0 Å². The van der Waals surface area contributed by atoms with Crippen LogP contribution >= 0.6 is 58.8 Å². The Kier molecular flexibility index (Phi) is 7.12. The van der Waals surface area contributed by atoms with Crippen LogP contribution in [-0.2, 0) is 11.4 Å². The minimum absolute atomic E-state index is 0.232. The summed E-state index contributed by atoms with van der Waals surface area (Å²) >= 11 is 24.6. The highest BCUT2D eigenvalue weighted by Crippen LogP contribution is 2.39. The molecule has 3 rings (SSSR count). The van der Waals surface area contributed by atoms with Crippen molar-refractivity contribution >= 4 is 75.1 Å². The summed E-state index contributed by atoms with van der Waals surface area (Å²) in [5.41, 5.74) is 1.55. The molecular formula is C19H14Cl3NO3S2. The van der Waals surface area contributed by atoms with Gasteiger partial charge in [-0.25, -0.2) is 0 Å². The summed E-state index contributed by atoms with van der Waals surface area (Å²) in [5.74, 6) is 0.660. The van der Waals surface area contributed by atoms with Crippen LogP contribution in [0.2, 0.25) is 15.1 Å². The SMILES string of the molecule is CCOc1cc(C=C2SC(=S)NC2=O)cc(Cl)c1OCc1ccc(Cl)c(Cl)c1. The molecule has 0 atom stereocenters. The van der Waals surface area contributed by atoms with E-state index in [0.717, 1.165) is 5.56 Å². The molecule has 0 radical (unpaired) electrons. The first-order chi connectivity index (χ1) is 13.4. The van der Waals surface area contributed by atoms with Crippen LogP contribution in [0.3, 0.4) is 0 Å². The first-order valence-corrected chi connectivity index (χ1v) is 10.5. The summed E-state index contributed by atoms with van der Waals surface area (Å²) in [6.07, 6.45) is 1.70. The van der Waals surface area contributed by atoms with Crippen LogP contribution in [0, 0.1) is 0 Å². The van der Waals surface area contributed by atoms with Crippen LogP contribution in [-0.4, -0.2) is 16.8 Å². The Labute approximate surface area is 187 Å². The molecule has 0 aromatic heterocycles. The van der Waals surface area contributed by atoms with Crippen LogP contribution in [0.1, 0.15) is 18.1 Å². The molecule has 1 N–H and O–H groups in total. The molecule has 2 aromatic rings. The average Bonchev–Trinajstić information content (AvgIpc) is 2.94. The molecule has 1 fully saturated rings. The van der Waals surface area contributed by atoms with Crippen molar-refractivity contribution in [3.63, 3.8) is 0 Å². The summed E-state index contributed by atoms with van der Waals surface area (Å²) in [6.45, 7) is 2.53. The summed E-state index contributed by atoms with van der Waals surface area (Å²) in [6, 6.07) is 8.73. The number of hydrogen-bond acceptors (Lipinski definition) is 5. The molecule has 9 heteroatoms. The lowest BCUT2D eigenvalue weighted by molar-refractivity contribution is -0.115. The van der Waals surface area contributed by atoms with E-state index in [-0.39, 0.29) is 12.5 Å². The normalized spacial score (nSPS) is 15.1. The largest absolute Gasteiger partial charge is 0.490 e. The third-order valence-electron chi connectivity index (χ3n) is 3.64. The summed E-state index contributed by atoms with van der Waals surface area (Å²) in [5, 5.41) is 3.87. The lowest BCUT2D eigenvalue weighted by atomic mass is 10.1. The lowest BCUT2D eigenvalue weighted by Crippen LogP contribution is -2.17. The van der Waals surface area contributed by atoms with E-state index in [1.807, 2.05) is 13.0 Å². The highest BCUT2D eigenvalue weighted by molar-refractivity contribution is 8.26. The second kappa shape index (κ2) is 9.37. The predicted molar refractivity (Wildman–Crippen MR) is 120 cm³/mol. The van der Waals surface area contributed by atoms with Crippen LogP contribution in [0.4, 0.5) is 0 Å². The molecule has 0 bridgehead atoms. The van der Waals surface area contributed by atoms with Crippen molar-refractivity contribution in [3.8, 4) is 11.5 Å². The van der Waals surface area contributed by atoms with Crippen molar-refractivity contribution in [3.05, 3.63) is 61.4 Å². The molecule has 1 heterocycles. The van der Waals surface area contributed by atoms with Gasteiger partial charge in [0.05, 0.1) is 26.6 Å². The van der Waals surface area contributed by atoms with Crippen molar-refractivity contribution in [2.45, 2.75) is 13.5 Å². The molecule has 4 nitrogen and oxygen atoms in total. The molecule has 1 aliphatic heterocycles. The third-order valence-corrected chi connectivity index (χ3v) is 5.82. The lowest BCUT2D eigenvalue weighted by Gasteiger charge is -2.15. The monoisotopic (exact) mass is 473 g/mol. The van der Waals surface area contributed by atoms with Crippen LogP contribution in [0.15, 0.2) is 35.2 Å². The van der Waals surface area contributed by atoms with Gasteiger partial charge < -0.3 is 14.8 Å². The zero-order chi connectivity index (χ0) is 20.3. The van der Waals surface area contributed by atoms with Crippen LogP contribution < -0.4 is 14.8 Å². The van der Waals surface area contributed by atoms with Gasteiger partial charge in [0.25, 0.3) is 5.91 Å². The maximum absolute atomic E-state index is 11.9. The number of benzene rings is 2. The van der Waals surface area contributed by atoms with Gasteiger partial charge in [-0.05, 0) is 48.4 Å². The van der Waals surface area contributed by atoms with E-state index in [2.05, 4.69) is 5.32 Å². The van der Waals surface area contributed by atoms with E-state index >= 15 is 0 Å². The van der Waals surface area contributed by atoms with Crippen molar-refractivity contribution in [2.75, 3.05) is 6.61 Å². The van der Waals surface area contributed by atoms with Crippen molar-refractivity contribution in [1.29, 1.82) is 0 Å². The Morgan fingerprint density at radius 1 is 1.11 bits per heavy atom. The quantitative estimate of drug-likeness (QED) is 0.404. The van der Waals surface area contributed by atoms with Gasteiger partial charge in [-0.15, -0.1) is 0 Å². The van der Waals surface area contributed by atoms with Crippen molar-refractivity contribution in [1.82, 2.24) is 5.32 Å². The number of hydrogen-bond donors (Lipinski definition) is 1. The Morgan fingerprint density at radius 2 is 1.89 bits per heavy atom. The van der Waals surface area contributed by atoms with Gasteiger partial charge in [-0.1, -0.05) is 64.8 Å². The van der Waals surface area contributed by atoms with Gasteiger partial charge in [-0.3, -0.25) is 4.79 Å². The maximum atomic E-state index is 11.9.